The van der Waals surface area contributed by atoms with Crippen molar-refractivity contribution in [2.24, 2.45) is 5.41 Å². The third kappa shape index (κ3) is 7.02. The Balaban J connectivity index is 1.46. The zero-order valence-corrected chi connectivity index (χ0v) is 22.4. The summed E-state index contributed by atoms with van der Waals surface area (Å²) in [4.78, 5) is 28.7. The van der Waals surface area contributed by atoms with Crippen LogP contribution >= 0.6 is 0 Å². The largest absolute Gasteiger partial charge is 0.465 e. The zero-order valence-electron chi connectivity index (χ0n) is 22.4. The van der Waals surface area contributed by atoms with Gasteiger partial charge in [0, 0.05) is 12.6 Å². The van der Waals surface area contributed by atoms with Gasteiger partial charge in [-0.15, -0.1) is 0 Å². The number of likely N-dealkylation sites (tertiary alicyclic amines) is 1. The van der Waals surface area contributed by atoms with Gasteiger partial charge in [0.2, 0.25) is 5.91 Å². The summed E-state index contributed by atoms with van der Waals surface area (Å²) in [6.45, 7) is 2.34. The van der Waals surface area contributed by atoms with Crippen molar-refractivity contribution >= 4 is 11.9 Å². The van der Waals surface area contributed by atoms with Crippen LogP contribution in [0.4, 0.5) is 30.7 Å². The number of hydrogen-bond acceptors (Lipinski definition) is 4. The molecule has 1 amide bonds. The van der Waals surface area contributed by atoms with Crippen molar-refractivity contribution in [3.05, 3.63) is 70.5 Å². The maximum atomic E-state index is 13.4. The molecular weight excluding hydrogens is 557 g/mol. The Morgan fingerprint density at radius 1 is 0.951 bits per heavy atom. The molecule has 0 spiro atoms. The summed E-state index contributed by atoms with van der Waals surface area (Å²) in [5.74, 6) is -1.60. The summed E-state index contributed by atoms with van der Waals surface area (Å²) in [7, 11) is 0. The number of nitrogens with zero attached hydrogens (tertiary/aromatic N) is 1. The van der Waals surface area contributed by atoms with Gasteiger partial charge in [-0.25, -0.2) is 4.39 Å². The highest BCUT2D eigenvalue weighted by molar-refractivity contribution is 6.03. The standard InChI is InChI=1S/C29H31F7N2O3/c1-2-41-26(40)27(25(39)37-17-18-13-21(28(31,32)33)15-22(14-18)29(34,35)36)10-7-24(16-27)38-11-8-20(9-12-38)19-3-5-23(30)6-4-19/h3-6,13-15,20,24H,2,7-12,16-17H2,1H3,(H,37,39)/t24-,27-/m1/s1. The van der Waals surface area contributed by atoms with E-state index in [4.69, 9.17) is 4.74 Å². The molecule has 1 aliphatic carbocycles. The van der Waals surface area contributed by atoms with Crippen molar-refractivity contribution in [3.63, 3.8) is 0 Å². The third-order valence-electron chi connectivity index (χ3n) is 8.08. The van der Waals surface area contributed by atoms with Gasteiger partial charge >= 0.3 is 18.3 Å². The zero-order chi connectivity index (χ0) is 30.0. The van der Waals surface area contributed by atoms with E-state index >= 15 is 0 Å². The van der Waals surface area contributed by atoms with Crippen LogP contribution in [0.3, 0.4) is 0 Å². The van der Waals surface area contributed by atoms with Crippen LogP contribution in [0.1, 0.15) is 67.2 Å². The lowest BCUT2D eigenvalue weighted by molar-refractivity contribution is -0.161. The lowest BCUT2D eigenvalue weighted by atomic mass is 9.84. The van der Waals surface area contributed by atoms with Crippen LogP contribution in [-0.4, -0.2) is 42.5 Å². The van der Waals surface area contributed by atoms with E-state index in [1.54, 1.807) is 19.1 Å². The highest BCUT2D eigenvalue weighted by Crippen LogP contribution is 2.44. The van der Waals surface area contributed by atoms with Gasteiger partial charge in [-0.3, -0.25) is 9.59 Å². The number of esters is 1. The van der Waals surface area contributed by atoms with E-state index in [0.29, 0.717) is 31.6 Å². The molecule has 2 fully saturated rings. The minimum absolute atomic E-state index is 0.00413. The monoisotopic (exact) mass is 588 g/mol. The Bertz CT molecular complexity index is 1210. The van der Waals surface area contributed by atoms with Crippen molar-refractivity contribution in [1.82, 2.24) is 10.2 Å². The Morgan fingerprint density at radius 3 is 2.07 bits per heavy atom. The van der Waals surface area contributed by atoms with Gasteiger partial charge in [-0.2, -0.15) is 26.3 Å². The molecule has 1 saturated carbocycles. The minimum Gasteiger partial charge on any atom is -0.465 e. The average Bonchev–Trinajstić information content (AvgIpc) is 3.38. The number of ether oxygens (including phenoxy) is 1. The number of amides is 1. The van der Waals surface area contributed by atoms with Crippen LogP contribution < -0.4 is 5.32 Å². The molecule has 2 atom stereocenters. The molecule has 1 saturated heterocycles. The summed E-state index contributed by atoms with van der Waals surface area (Å²) in [6.07, 6.45) is -7.68. The van der Waals surface area contributed by atoms with Gasteiger partial charge in [0.1, 0.15) is 11.2 Å². The quantitative estimate of drug-likeness (QED) is 0.229. The van der Waals surface area contributed by atoms with Crippen molar-refractivity contribution in [2.75, 3.05) is 19.7 Å². The van der Waals surface area contributed by atoms with E-state index in [2.05, 4.69) is 10.2 Å². The lowest BCUT2D eigenvalue weighted by Crippen LogP contribution is -2.47. The second-order valence-electron chi connectivity index (χ2n) is 10.7. The van der Waals surface area contributed by atoms with Crippen LogP contribution in [0.2, 0.25) is 0 Å². The molecule has 5 nitrogen and oxygen atoms in total. The van der Waals surface area contributed by atoms with E-state index in [-0.39, 0.29) is 43.3 Å². The molecule has 1 heterocycles. The first-order chi connectivity index (χ1) is 19.2. The van der Waals surface area contributed by atoms with Crippen molar-refractivity contribution in [1.29, 1.82) is 0 Å². The molecule has 0 unspecified atom stereocenters. The number of carbonyl (C=O) groups is 2. The molecule has 1 N–H and O–H groups in total. The SMILES string of the molecule is CCOC(=O)[C@]1(C(=O)NCc2cc(C(F)(F)F)cc(C(F)(F)F)c2)CC[C@@H](N2CCC(c3ccc(F)cc3)CC2)C1. The summed E-state index contributed by atoms with van der Waals surface area (Å²) in [5, 5.41) is 2.41. The number of benzene rings is 2. The van der Waals surface area contributed by atoms with E-state index in [0.717, 1.165) is 18.4 Å². The fourth-order valence-corrected chi connectivity index (χ4v) is 5.89. The maximum absolute atomic E-state index is 13.4. The Labute approximate surface area is 233 Å². The molecule has 0 bridgehead atoms. The number of rotatable bonds is 7. The number of nitrogens with one attached hydrogen (secondary N) is 1. The van der Waals surface area contributed by atoms with Crippen molar-refractivity contribution in [3.8, 4) is 0 Å². The predicted octanol–water partition coefficient (Wildman–Crippen LogP) is 6.46. The molecule has 12 heteroatoms. The Hall–Kier alpha value is -3.15. The maximum Gasteiger partial charge on any atom is 0.416 e. The van der Waals surface area contributed by atoms with Gasteiger partial charge in [0.15, 0.2) is 0 Å². The fourth-order valence-electron chi connectivity index (χ4n) is 5.89. The smallest absolute Gasteiger partial charge is 0.416 e. The summed E-state index contributed by atoms with van der Waals surface area (Å²) < 4.78 is 98.0. The van der Waals surface area contributed by atoms with E-state index < -0.39 is 52.9 Å². The van der Waals surface area contributed by atoms with E-state index in [9.17, 15) is 40.3 Å². The number of hydrogen-bond donors (Lipinski definition) is 1. The lowest BCUT2D eigenvalue weighted by Gasteiger charge is -2.37. The van der Waals surface area contributed by atoms with Gasteiger partial charge < -0.3 is 15.0 Å². The topological polar surface area (TPSA) is 58.6 Å². The first-order valence-electron chi connectivity index (χ1n) is 13.5. The second kappa shape index (κ2) is 12.0. The molecule has 41 heavy (non-hydrogen) atoms. The van der Waals surface area contributed by atoms with Gasteiger partial charge in [-0.1, -0.05) is 12.1 Å². The molecule has 0 aromatic heterocycles. The highest BCUT2D eigenvalue weighted by atomic mass is 19.4. The van der Waals surface area contributed by atoms with Crippen LogP contribution in [0.5, 0.6) is 0 Å². The Morgan fingerprint density at radius 2 is 1.54 bits per heavy atom. The van der Waals surface area contributed by atoms with Crippen molar-refractivity contribution < 1.29 is 45.1 Å². The molecule has 1 aliphatic heterocycles. The molecule has 0 radical (unpaired) electrons. The molecule has 2 aliphatic rings. The van der Waals surface area contributed by atoms with E-state index in [1.807, 2.05) is 0 Å². The van der Waals surface area contributed by atoms with Crippen LogP contribution in [0.25, 0.3) is 0 Å². The molecule has 2 aromatic carbocycles. The molecule has 4 rings (SSSR count). The van der Waals surface area contributed by atoms with E-state index in [1.165, 1.54) is 12.1 Å². The van der Waals surface area contributed by atoms with Crippen LogP contribution in [-0.2, 0) is 33.2 Å². The normalized spacial score (nSPS) is 22.5. The van der Waals surface area contributed by atoms with Gasteiger partial charge in [0.05, 0.1) is 17.7 Å². The second-order valence-corrected chi connectivity index (χ2v) is 10.7. The summed E-state index contributed by atoms with van der Waals surface area (Å²) in [5.41, 5.74) is -3.93. The van der Waals surface area contributed by atoms with Crippen LogP contribution in [0.15, 0.2) is 42.5 Å². The predicted molar refractivity (Wildman–Crippen MR) is 135 cm³/mol. The molecule has 2 aromatic rings. The number of alkyl halides is 6. The first-order valence-corrected chi connectivity index (χ1v) is 13.5. The van der Waals surface area contributed by atoms with Crippen LogP contribution in [0, 0.1) is 11.2 Å². The first kappa shape index (κ1) is 30.8. The highest BCUT2D eigenvalue weighted by Gasteiger charge is 2.53. The number of carbonyl (C=O) groups excluding carboxylic acids is 2. The third-order valence-corrected chi connectivity index (χ3v) is 8.08. The fraction of sp³-hybridized carbons (Fsp3) is 0.517. The average molecular weight is 589 g/mol. The molecule has 224 valence electrons. The Kier molecular flexibility index (Phi) is 9.01. The summed E-state index contributed by atoms with van der Waals surface area (Å²) >= 11 is 0. The number of halogens is 7. The van der Waals surface area contributed by atoms with Gasteiger partial charge in [-0.05, 0) is 99.5 Å². The summed E-state index contributed by atoms with van der Waals surface area (Å²) in [6, 6.07) is 7.37. The molecular formula is C29H31F7N2O3. The number of piperidine rings is 1. The van der Waals surface area contributed by atoms with Gasteiger partial charge in [0.25, 0.3) is 0 Å². The van der Waals surface area contributed by atoms with Crippen molar-refractivity contribution in [2.45, 2.75) is 69.9 Å². The minimum atomic E-state index is -5.02.